The third-order valence-corrected chi connectivity index (χ3v) is 4.60. The Bertz CT molecular complexity index is 735. The van der Waals surface area contributed by atoms with Crippen LogP contribution in [-0.2, 0) is 10.3 Å². The van der Waals surface area contributed by atoms with Gasteiger partial charge in [0.2, 0.25) is 0 Å². The molecule has 0 amide bonds. The van der Waals surface area contributed by atoms with E-state index in [2.05, 4.69) is 5.32 Å². The average molecular weight is 379 g/mol. The Morgan fingerprint density at radius 3 is 2.18 bits per heavy atom. The van der Waals surface area contributed by atoms with Crippen molar-refractivity contribution in [2.75, 3.05) is 5.32 Å². The Morgan fingerprint density at radius 1 is 1.00 bits per heavy atom. The van der Waals surface area contributed by atoms with E-state index in [0.717, 1.165) is 0 Å². The molecular formula is C15H11Cl4NO2. The number of rotatable bonds is 4. The van der Waals surface area contributed by atoms with Crippen LogP contribution in [0.3, 0.4) is 0 Å². The molecule has 0 aromatic heterocycles. The van der Waals surface area contributed by atoms with Crippen LogP contribution in [0.1, 0.15) is 12.5 Å². The number of benzene rings is 2. The topological polar surface area (TPSA) is 49.3 Å². The standard InChI is InChI=1S/C15H11Cl4NO2/c1-15(14(21)22,8-4-2-3-5-9(8)16)20-13-7-11(18)10(17)6-12(13)19/h2-7,20H,1H3,(H,21,22). The van der Waals surface area contributed by atoms with Gasteiger partial charge in [0.15, 0.2) is 5.54 Å². The number of nitrogens with one attached hydrogen (secondary N) is 1. The van der Waals surface area contributed by atoms with E-state index in [1.165, 1.54) is 19.1 Å². The second-order valence-corrected chi connectivity index (χ2v) is 6.41. The van der Waals surface area contributed by atoms with Crippen LogP contribution in [0.5, 0.6) is 0 Å². The number of carboxylic acid groups (broad SMARTS) is 1. The minimum Gasteiger partial charge on any atom is -0.479 e. The predicted octanol–water partition coefficient (Wildman–Crippen LogP) is 5.71. The van der Waals surface area contributed by atoms with Gasteiger partial charge in [-0.25, -0.2) is 4.79 Å². The monoisotopic (exact) mass is 377 g/mol. The molecule has 22 heavy (non-hydrogen) atoms. The number of hydrogen-bond acceptors (Lipinski definition) is 2. The highest BCUT2D eigenvalue weighted by atomic mass is 35.5. The van der Waals surface area contributed by atoms with Crippen LogP contribution in [0.2, 0.25) is 20.1 Å². The summed E-state index contributed by atoms with van der Waals surface area (Å²) in [6, 6.07) is 9.61. The summed E-state index contributed by atoms with van der Waals surface area (Å²) in [7, 11) is 0. The molecule has 0 radical (unpaired) electrons. The fourth-order valence-corrected chi connectivity index (χ4v) is 2.91. The van der Waals surface area contributed by atoms with Crippen LogP contribution in [-0.4, -0.2) is 11.1 Å². The second-order valence-electron chi connectivity index (χ2n) is 4.78. The molecule has 1 unspecified atom stereocenters. The largest absolute Gasteiger partial charge is 0.479 e. The Morgan fingerprint density at radius 2 is 1.59 bits per heavy atom. The fourth-order valence-electron chi connectivity index (χ4n) is 1.99. The van der Waals surface area contributed by atoms with E-state index >= 15 is 0 Å². The highest BCUT2D eigenvalue weighted by Gasteiger charge is 2.37. The number of aliphatic carboxylic acids is 1. The highest BCUT2D eigenvalue weighted by molar-refractivity contribution is 6.44. The lowest BCUT2D eigenvalue weighted by atomic mass is 9.91. The summed E-state index contributed by atoms with van der Waals surface area (Å²) in [4.78, 5) is 11.8. The fraction of sp³-hybridized carbons (Fsp3) is 0.133. The molecular weight excluding hydrogens is 368 g/mol. The van der Waals surface area contributed by atoms with Crippen LogP contribution in [0.15, 0.2) is 36.4 Å². The molecule has 3 nitrogen and oxygen atoms in total. The number of anilines is 1. The molecule has 0 fully saturated rings. The Kier molecular flexibility index (Phi) is 5.13. The molecule has 2 rings (SSSR count). The normalized spacial score (nSPS) is 13.5. The smallest absolute Gasteiger partial charge is 0.333 e. The van der Waals surface area contributed by atoms with Gasteiger partial charge in [-0.3, -0.25) is 0 Å². The van der Waals surface area contributed by atoms with Crippen molar-refractivity contribution in [2.45, 2.75) is 12.5 Å². The maximum Gasteiger partial charge on any atom is 0.333 e. The van der Waals surface area contributed by atoms with Crippen LogP contribution >= 0.6 is 46.4 Å². The summed E-state index contributed by atoms with van der Waals surface area (Å²) >= 11 is 24.1. The molecule has 2 aromatic rings. The number of hydrogen-bond donors (Lipinski definition) is 2. The van der Waals surface area contributed by atoms with Gasteiger partial charge in [-0.05, 0) is 25.1 Å². The van der Waals surface area contributed by atoms with E-state index in [-0.39, 0.29) is 15.1 Å². The molecule has 2 N–H and O–H groups in total. The van der Waals surface area contributed by atoms with Gasteiger partial charge in [-0.2, -0.15) is 0 Å². The molecule has 0 saturated carbocycles. The Labute approximate surface area is 147 Å². The first-order chi connectivity index (χ1) is 10.3. The SMILES string of the molecule is CC(Nc1cc(Cl)c(Cl)cc1Cl)(C(=O)O)c1ccccc1Cl. The lowest BCUT2D eigenvalue weighted by Gasteiger charge is -2.29. The maximum absolute atomic E-state index is 11.8. The van der Waals surface area contributed by atoms with Crippen LogP contribution in [0, 0.1) is 0 Å². The van der Waals surface area contributed by atoms with Crippen molar-refractivity contribution >= 4 is 58.1 Å². The van der Waals surface area contributed by atoms with Crippen LogP contribution in [0.4, 0.5) is 5.69 Å². The molecule has 1 atom stereocenters. The molecule has 2 aromatic carbocycles. The highest BCUT2D eigenvalue weighted by Crippen LogP contribution is 2.37. The quantitative estimate of drug-likeness (QED) is 0.669. The summed E-state index contributed by atoms with van der Waals surface area (Å²) in [5.41, 5.74) is -0.730. The van der Waals surface area contributed by atoms with Crippen molar-refractivity contribution in [3.63, 3.8) is 0 Å². The third kappa shape index (κ3) is 3.28. The predicted molar refractivity (Wildman–Crippen MR) is 91.5 cm³/mol. The van der Waals surface area contributed by atoms with Crippen molar-refractivity contribution in [2.24, 2.45) is 0 Å². The van der Waals surface area contributed by atoms with Crippen molar-refractivity contribution < 1.29 is 9.90 Å². The van der Waals surface area contributed by atoms with Crippen molar-refractivity contribution in [3.8, 4) is 0 Å². The molecule has 116 valence electrons. The molecule has 0 heterocycles. The number of carboxylic acids is 1. The van der Waals surface area contributed by atoms with E-state index in [4.69, 9.17) is 46.4 Å². The first-order valence-electron chi connectivity index (χ1n) is 6.17. The van der Waals surface area contributed by atoms with Crippen molar-refractivity contribution in [1.82, 2.24) is 0 Å². The van der Waals surface area contributed by atoms with E-state index < -0.39 is 11.5 Å². The second kappa shape index (κ2) is 6.55. The summed E-state index contributed by atoms with van der Waals surface area (Å²) in [6.45, 7) is 1.50. The van der Waals surface area contributed by atoms with Gasteiger partial charge in [0, 0.05) is 10.6 Å². The van der Waals surface area contributed by atoms with Gasteiger partial charge in [0.25, 0.3) is 0 Å². The van der Waals surface area contributed by atoms with E-state index in [0.29, 0.717) is 16.3 Å². The molecule has 0 aliphatic carbocycles. The van der Waals surface area contributed by atoms with Gasteiger partial charge in [0.05, 0.1) is 20.8 Å². The Hall–Kier alpha value is -1.13. The van der Waals surface area contributed by atoms with E-state index in [9.17, 15) is 9.90 Å². The van der Waals surface area contributed by atoms with Crippen LogP contribution < -0.4 is 5.32 Å². The van der Waals surface area contributed by atoms with E-state index in [1.807, 2.05) is 0 Å². The minimum atomic E-state index is -1.49. The molecule has 0 bridgehead atoms. The van der Waals surface area contributed by atoms with Gasteiger partial charge >= 0.3 is 5.97 Å². The summed E-state index contributed by atoms with van der Waals surface area (Å²) in [5, 5.41) is 13.7. The zero-order chi connectivity index (χ0) is 16.5. The molecule has 0 saturated heterocycles. The molecule has 0 aliphatic heterocycles. The van der Waals surface area contributed by atoms with Crippen molar-refractivity contribution in [3.05, 3.63) is 62.1 Å². The van der Waals surface area contributed by atoms with Gasteiger partial charge in [-0.1, -0.05) is 64.6 Å². The van der Waals surface area contributed by atoms with Gasteiger partial charge in [-0.15, -0.1) is 0 Å². The zero-order valence-corrected chi connectivity index (χ0v) is 14.4. The maximum atomic E-state index is 11.8. The first-order valence-corrected chi connectivity index (χ1v) is 7.68. The minimum absolute atomic E-state index is 0.258. The first kappa shape index (κ1) is 17.2. The van der Waals surface area contributed by atoms with Gasteiger partial charge in [0.1, 0.15) is 0 Å². The van der Waals surface area contributed by atoms with Crippen molar-refractivity contribution in [1.29, 1.82) is 0 Å². The summed E-state index contributed by atoms with van der Waals surface area (Å²) in [6.07, 6.45) is 0. The van der Waals surface area contributed by atoms with Crippen LogP contribution in [0.25, 0.3) is 0 Å². The summed E-state index contributed by atoms with van der Waals surface area (Å²) < 4.78 is 0. The average Bonchev–Trinajstić information content (AvgIpc) is 2.44. The molecule has 0 aliphatic rings. The zero-order valence-electron chi connectivity index (χ0n) is 11.3. The number of halogens is 4. The van der Waals surface area contributed by atoms with E-state index in [1.54, 1.807) is 24.3 Å². The van der Waals surface area contributed by atoms with Gasteiger partial charge < -0.3 is 10.4 Å². The Balaban J connectivity index is 2.53. The number of carbonyl (C=O) groups is 1. The lowest BCUT2D eigenvalue weighted by Crippen LogP contribution is -2.40. The molecule has 0 spiro atoms. The summed E-state index contributed by atoms with van der Waals surface area (Å²) in [5.74, 6) is -1.11. The lowest BCUT2D eigenvalue weighted by molar-refractivity contribution is -0.142. The third-order valence-electron chi connectivity index (χ3n) is 3.23. The molecule has 7 heteroatoms.